The molecule has 2 aromatic rings. The molecule has 0 aliphatic rings. The number of halogens is 3. The lowest BCUT2D eigenvalue weighted by Gasteiger charge is -2.09. The summed E-state index contributed by atoms with van der Waals surface area (Å²) < 4.78 is 41.0. The number of benzene rings is 1. The Morgan fingerprint density at radius 2 is 2.05 bits per heavy atom. The molecule has 1 aromatic carbocycles. The fourth-order valence-electron chi connectivity index (χ4n) is 1.78. The van der Waals surface area contributed by atoms with E-state index in [9.17, 15) is 12.8 Å². The Morgan fingerprint density at radius 3 is 2.57 bits per heavy atom. The zero-order valence-corrected chi connectivity index (χ0v) is 13.5. The molecule has 0 spiro atoms. The van der Waals surface area contributed by atoms with Crippen LogP contribution >= 0.6 is 23.2 Å². The van der Waals surface area contributed by atoms with Crippen LogP contribution in [-0.4, -0.2) is 18.2 Å². The molecule has 114 valence electrons. The van der Waals surface area contributed by atoms with E-state index in [4.69, 9.17) is 23.2 Å². The molecule has 2 rings (SSSR count). The molecule has 0 saturated carbocycles. The van der Waals surface area contributed by atoms with Gasteiger partial charge in [0.25, 0.3) is 0 Å². The monoisotopic (exact) mass is 351 g/mol. The summed E-state index contributed by atoms with van der Waals surface area (Å²) >= 11 is 11.6. The second-order valence-corrected chi connectivity index (χ2v) is 6.99. The van der Waals surface area contributed by atoms with Crippen molar-refractivity contribution < 1.29 is 12.8 Å². The van der Waals surface area contributed by atoms with E-state index < -0.39 is 15.8 Å². The van der Waals surface area contributed by atoms with Gasteiger partial charge >= 0.3 is 0 Å². The zero-order valence-electron chi connectivity index (χ0n) is 11.2. The number of aromatic nitrogens is 2. The van der Waals surface area contributed by atoms with Crippen LogP contribution in [0.15, 0.2) is 18.2 Å². The first-order valence-corrected chi connectivity index (χ1v) is 8.24. The van der Waals surface area contributed by atoms with Crippen LogP contribution in [0.1, 0.15) is 11.3 Å². The summed E-state index contributed by atoms with van der Waals surface area (Å²) in [5.41, 5.74) is 0.880. The highest BCUT2D eigenvalue weighted by atomic mass is 35.5. The van der Waals surface area contributed by atoms with Gasteiger partial charge in [0, 0.05) is 7.05 Å². The highest BCUT2D eigenvalue weighted by Gasteiger charge is 2.19. The summed E-state index contributed by atoms with van der Waals surface area (Å²) in [5.74, 6) is -0.772. The molecule has 0 radical (unpaired) electrons. The standard InChI is InChI=1S/C12H12Cl2FN3O2S/c1-7-11(14)12(18(2)16-7)17-21(19,20)6-8-3-4-10(15)9(13)5-8/h3-5,17H,6H2,1-2H3. The maximum Gasteiger partial charge on any atom is 0.238 e. The number of sulfonamides is 1. The summed E-state index contributed by atoms with van der Waals surface area (Å²) in [7, 11) is -2.15. The molecule has 5 nitrogen and oxygen atoms in total. The number of hydrogen-bond acceptors (Lipinski definition) is 3. The van der Waals surface area contributed by atoms with Crippen molar-refractivity contribution in [3.8, 4) is 0 Å². The largest absolute Gasteiger partial charge is 0.266 e. The Bertz CT molecular complexity index is 790. The number of hydrogen-bond donors (Lipinski definition) is 1. The van der Waals surface area contributed by atoms with Gasteiger partial charge in [-0.1, -0.05) is 29.3 Å². The molecule has 0 fully saturated rings. The van der Waals surface area contributed by atoms with Crippen molar-refractivity contribution in [3.05, 3.63) is 45.3 Å². The molecule has 0 aliphatic carbocycles. The molecular formula is C12H12Cl2FN3O2S. The summed E-state index contributed by atoms with van der Waals surface area (Å²) in [5, 5.41) is 4.12. The summed E-state index contributed by atoms with van der Waals surface area (Å²) in [6, 6.07) is 3.75. The van der Waals surface area contributed by atoms with Gasteiger partial charge in [-0.05, 0) is 24.6 Å². The van der Waals surface area contributed by atoms with Gasteiger partial charge in [-0.2, -0.15) is 5.10 Å². The SMILES string of the molecule is Cc1nn(C)c(NS(=O)(=O)Cc2ccc(F)c(Cl)c2)c1Cl. The molecule has 1 heterocycles. The molecule has 0 atom stereocenters. The molecule has 0 amide bonds. The highest BCUT2D eigenvalue weighted by Crippen LogP contribution is 2.26. The van der Waals surface area contributed by atoms with Crippen molar-refractivity contribution in [3.63, 3.8) is 0 Å². The number of anilines is 1. The minimum Gasteiger partial charge on any atom is -0.266 e. The lowest BCUT2D eigenvalue weighted by molar-refractivity contribution is 0.599. The van der Waals surface area contributed by atoms with Crippen LogP contribution < -0.4 is 4.72 Å². The van der Waals surface area contributed by atoms with E-state index in [0.29, 0.717) is 11.3 Å². The smallest absolute Gasteiger partial charge is 0.238 e. The summed E-state index contributed by atoms with van der Waals surface area (Å²) in [6.07, 6.45) is 0. The van der Waals surface area contributed by atoms with Crippen LogP contribution in [0.25, 0.3) is 0 Å². The maximum absolute atomic E-state index is 13.1. The van der Waals surface area contributed by atoms with Crippen molar-refractivity contribution in [2.45, 2.75) is 12.7 Å². The van der Waals surface area contributed by atoms with E-state index in [1.807, 2.05) is 0 Å². The fourth-order valence-corrected chi connectivity index (χ4v) is 3.46. The Labute approximate surface area is 131 Å². The second kappa shape index (κ2) is 5.82. The summed E-state index contributed by atoms with van der Waals surface area (Å²) in [6.45, 7) is 1.67. The van der Waals surface area contributed by atoms with Crippen molar-refractivity contribution in [1.82, 2.24) is 9.78 Å². The van der Waals surface area contributed by atoms with Crippen molar-refractivity contribution in [1.29, 1.82) is 0 Å². The topological polar surface area (TPSA) is 64.0 Å². The van der Waals surface area contributed by atoms with Gasteiger partial charge in [0.1, 0.15) is 10.8 Å². The van der Waals surface area contributed by atoms with Crippen LogP contribution in [0, 0.1) is 12.7 Å². The van der Waals surface area contributed by atoms with Crippen molar-refractivity contribution in [2.24, 2.45) is 7.05 Å². The molecular weight excluding hydrogens is 340 g/mol. The first-order chi connectivity index (χ1) is 9.69. The molecule has 21 heavy (non-hydrogen) atoms. The Balaban J connectivity index is 2.24. The van der Waals surface area contributed by atoms with Crippen LogP contribution in [0.3, 0.4) is 0 Å². The predicted octanol–water partition coefficient (Wildman–Crippen LogP) is 3.12. The molecule has 1 N–H and O–H groups in total. The van der Waals surface area contributed by atoms with Gasteiger partial charge in [-0.15, -0.1) is 0 Å². The third-order valence-corrected chi connectivity index (χ3v) is 4.70. The number of nitrogens with one attached hydrogen (secondary N) is 1. The normalized spacial score (nSPS) is 11.7. The van der Waals surface area contributed by atoms with E-state index in [1.165, 1.54) is 16.8 Å². The third-order valence-electron chi connectivity index (χ3n) is 2.74. The van der Waals surface area contributed by atoms with Crippen molar-refractivity contribution in [2.75, 3.05) is 4.72 Å². The van der Waals surface area contributed by atoms with E-state index in [2.05, 4.69) is 9.82 Å². The molecule has 0 aliphatic heterocycles. The molecule has 0 saturated heterocycles. The van der Waals surface area contributed by atoms with E-state index in [1.54, 1.807) is 14.0 Å². The lowest BCUT2D eigenvalue weighted by Crippen LogP contribution is -2.17. The third kappa shape index (κ3) is 3.66. The van der Waals surface area contributed by atoms with Gasteiger partial charge in [-0.25, -0.2) is 12.8 Å². The average Bonchev–Trinajstić information content (AvgIpc) is 2.60. The first-order valence-electron chi connectivity index (χ1n) is 5.83. The average molecular weight is 352 g/mol. The van der Waals surface area contributed by atoms with Crippen LogP contribution in [-0.2, 0) is 22.8 Å². The number of rotatable bonds is 4. The predicted molar refractivity (Wildman–Crippen MR) is 80.6 cm³/mol. The van der Waals surface area contributed by atoms with Crippen LogP contribution in [0.5, 0.6) is 0 Å². The molecule has 9 heteroatoms. The van der Waals surface area contributed by atoms with Gasteiger partial charge in [-0.3, -0.25) is 9.40 Å². The molecule has 0 bridgehead atoms. The highest BCUT2D eigenvalue weighted by molar-refractivity contribution is 7.91. The van der Waals surface area contributed by atoms with Crippen molar-refractivity contribution >= 4 is 39.0 Å². The van der Waals surface area contributed by atoms with E-state index in [-0.39, 0.29) is 21.6 Å². The number of nitrogens with zero attached hydrogens (tertiary/aromatic N) is 2. The minimum absolute atomic E-state index is 0.128. The minimum atomic E-state index is -3.73. The summed E-state index contributed by atoms with van der Waals surface area (Å²) in [4.78, 5) is 0. The van der Waals surface area contributed by atoms with Gasteiger partial charge in [0.15, 0.2) is 5.82 Å². The molecule has 0 unspecified atom stereocenters. The zero-order chi connectivity index (χ0) is 15.8. The maximum atomic E-state index is 13.1. The van der Waals surface area contributed by atoms with E-state index >= 15 is 0 Å². The quantitative estimate of drug-likeness (QED) is 0.920. The Hall–Kier alpha value is -1.31. The Kier molecular flexibility index (Phi) is 4.46. The van der Waals surface area contributed by atoms with Crippen LogP contribution in [0.2, 0.25) is 10.0 Å². The Morgan fingerprint density at radius 1 is 1.38 bits per heavy atom. The lowest BCUT2D eigenvalue weighted by atomic mass is 10.2. The number of aryl methyl sites for hydroxylation is 2. The van der Waals surface area contributed by atoms with E-state index in [0.717, 1.165) is 6.07 Å². The second-order valence-electron chi connectivity index (χ2n) is 4.48. The first kappa shape index (κ1) is 16.1. The fraction of sp³-hybridized carbons (Fsp3) is 0.250. The van der Waals surface area contributed by atoms with Gasteiger partial charge < -0.3 is 0 Å². The van der Waals surface area contributed by atoms with Crippen LogP contribution in [0.4, 0.5) is 10.2 Å². The van der Waals surface area contributed by atoms with Gasteiger partial charge in [0.2, 0.25) is 10.0 Å². The van der Waals surface area contributed by atoms with Gasteiger partial charge in [0.05, 0.1) is 16.5 Å². The molecule has 1 aromatic heterocycles.